The molecule has 0 aliphatic heterocycles. The van der Waals surface area contributed by atoms with Crippen LogP contribution in [0.4, 0.5) is 8.78 Å². The first-order chi connectivity index (χ1) is 6.07. The number of hydroxylamine groups is 1. The molecule has 0 bridgehead atoms. The number of hydrogen-bond acceptors (Lipinski definition) is 3. The van der Waals surface area contributed by atoms with Crippen LogP contribution in [0, 0.1) is 11.6 Å². The quantitative estimate of drug-likeness (QED) is 0.514. The van der Waals surface area contributed by atoms with Gasteiger partial charge in [-0.05, 0) is 6.07 Å². The largest absolute Gasteiger partial charge is 0.506 e. The highest BCUT2D eigenvalue weighted by Crippen LogP contribution is 2.30. The lowest BCUT2D eigenvalue weighted by molar-refractivity contribution is 0.158. The fourth-order valence-corrected chi connectivity index (χ4v) is 1.09. The van der Waals surface area contributed by atoms with Crippen molar-refractivity contribution in [3.63, 3.8) is 0 Å². The maximum atomic E-state index is 12.9. The number of rotatable bonds is 2. The van der Waals surface area contributed by atoms with Gasteiger partial charge in [0, 0.05) is 0 Å². The van der Waals surface area contributed by atoms with Gasteiger partial charge in [-0.2, -0.15) is 0 Å². The van der Waals surface area contributed by atoms with E-state index in [1.54, 1.807) is 5.48 Å². The normalized spacial score (nSPS) is 10.5. The molecule has 0 saturated carbocycles. The maximum absolute atomic E-state index is 12.9. The molecule has 1 rings (SSSR count). The first kappa shape index (κ1) is 10.2. The standard InChI is InChI=1S/C7H6ClF2NO2/c8-4-1-5(9)6(10)3(2-11-13)7(4)12/h1,11-13H,2H2. The molecule has 0 unspecified atom stereocenters. The van der Waals surface area contributed by atoms with Crippen LogP contribution in [0.25, 0.3) is 0 Å². The Morgan fingerprint density at radius 3 is 2.62 bits per heavy atom. The van der Waals surface area contributed by atoms with Gasteiger partial charge in [-0.1, -0.05) is 11.6 Å². The van der Waals surface area contributed by atoms with E-state index >= 15 is 0 Å². The van der Waals surface area contributed by atoms with Crippen LogP contribution in [-0.4, -0.2) is 10.3 Å². The van der Waals surface area contributed by atoms with Crippen LogP contribution < -0.4 is 5.48 Å². The van der Waals surface area contributed by atoms with Crippen molar-refractivity contribution >= 4 is 11.6 Å². The Bertz CT molecular complexity index is 307. The Labute approximate surface area is 77.5 Å². The summed E-state index contributed by atoms with van der Waals surface area (Å²) in [6, 6.07) is 0.660. The molecule has 1 aromatic carbocycles. The molecule has 0 heterocycles. The third-order valence-electron chi connectivity index (χ3n) is 1.50. The molecule has 3 N–H and O–H groups in total. The van der Waals surface area contributed by atoms with Crippen LogP contribution in [0.2, 0.25) is 5.02 Å². The molecule has 0 saturated heterocycles. The summed E-state index contributed by atoms with van der Waals surface area (Å²) < 4.78 is 25.5. The number of hydrogen-bond donors (Lipinski definition) is 3. The van der Waals surface area contributed by atoms with Crippen LogP contribution in [-0.2, 0) is 6.54 Å². The van der Waals surface area contributed by atoms with E-state index in [0.717, 1.165) is 0 Å². The highest BCUT2D eigenvalue weighted by atomic mass is 35.5. The molecule has 0 amide bonds. The second kappa shape index (κ2) is 3.87. The molecule has 0 aliphatic carbocycles. The molecule has 6 heteroatoms. The van der Waals surface area contributed by atoms with E-state index in [1.807, 2.05) is 0 Å². The lowest BCUT2D eigenvalue weighted by atomic mass is 10.2. The van der Waals surface area contributed by atoms with Crippen molar-refractivity contribution in [2.45, 2.75) is 6.54 Å². The summed E-state index contributed by atoms with van der Waals surface area (Å²) in [5.74, 6) is -2.99. The Morgan fingerprint density at radius 1 is 1.46 bits per heavy atom. The molecule has 1 aromatic rings. The van der Waals surface area contributed by atoms with E-state index in [9.17, 15) is 8.78 Å². The van der Waals surface area contributed by atoms with Gasteiger partial charge in [0.2, 0.25) is 0 Å². The van der Waals surface area contributed by atoms with Gasteiger partial charge in [-0.3, -0.25) is 0 Å². The van der Waals surface area contributed by atoms with Crippen LogP contribution in [0.3, 0.4) is 0 Å². The Kier molecular flexibility index (Phi) is 3.02. The minimum absolute atomic E-state index is 0.302. The number of nitrogens with one attached hydrogen (secondary N) is 1. The van der Waals surface area contributed by atoms with Crippen LogP contribution in [0.5, 0.6) is 5.75 Å². The van der Waals surface area contributed by atoms with Gasteiger partial charge in [-0.15, -0.1) is 0 Å². The molecule has 0 fully saturated rings. The molecule has 13 heavy (non-hydrogen) atoms. The first-order valence-electron chi connectivity index (χ1n) is 3.30. The fourth-order valence-electron chi connectivity index (χ4n) is 0.876. The average molecular weight is 210 g/mol. The smallest absolute Gasteiger partial charge is 0.167 e. The molecule has 0 aromatic heterocycles. The highest BCUT2D eigenvalue weighted by molar-refractivity contribution is 6.32. The van der Waals surface area contributed by atoms with Gasteiger partial charge in [0.15, 0.2) is 11.6 Å². The van der Waals surface area contributed by atoms with Crippen molar-refractivity contribution in [3.05, 3.63) is 28.3 Å². The lowest BCUT2D eigenvalue weighted by Gasteiger charge is -2.06. The predicted molar refractivity (Wildman–Crippen MR) is 41.7 cm³/mol. The third-order valence-corrected chi connectivity index (χ3v) is 1.78. The monoisotopic (exact) mass is 209 g/mol. The Hall–Kier alpha value is -0.910. The zero-order valence-electron chi connectivity index (χ0n) is 6.31. The average Bonchev–Trinajstić information content (AvgIpc) is 2.09. The zero-order chi connectivity index (χ0) is 10.0. The molecular formula is C7H6ClF2NO2. The molecule has 3 nitrogen and oxygen atoms in total. The molecular weight excluding hydrogens is 204 g/mol. The van der Waals surface area contributed by atoms with E-state index in [-0.39, 0.29) is 5.02 Å². The van der Waals surface area contributed by atoms with Crippen molar-refractivity contribution in [1.29, 1.82) is 0 Å². The van der Waals surface area contributed by atoms with Crippen molar-refractivity contribution in [2.75, 3.05) is 0 Å². The number of benzene rings is 1. The number of aromatic hydroxyl groups is 1. The minimum Gasteiger partial charge on any atom is -0.506 e. The number of phenols is 1. The molecule has 72 valence electrons. The van der Waals surface area contributed by atoms with Gasteiger partial charge in [0.05, 0.1) is 17.1 Å². The minimum atomic E-state index is -1.23. The van der Waals surface area contributed by atoms with E-state index in [4.69, 9.17) is 21.9 Å². The topological polar surface area (TPSA) is 52.5 Å². The second-order valence-corrected chi connectivity index (χ2v) is 2.72. The summed E-state index contributed by atoms with van der Waals surface area (Å²) in [6.07, 6.45) is 0. The van der Waals surface area contributed by atoms with Crippen molar-refractivity contribution < 1.29 is 19.1 Å². The van der Waals surface area contributed by atoms with Crippen LogP contribution in [0.1, 0.15) is 5.56 Å². The molecule has 0 aliphatic rings. The van der Waals surface area contributed by atoms with E-state index in [2.05, 4.69) is 0 Å². The summed E-state index contributed by atoms with van der Waals surface area (Å²) in [5.41, 5.74) is 1.19. The van der Waals surface area contributed by atoms with E-state index in [0.29, 0.717) is 6.07 Å². The van der Waals surface area contributed by atoms with Gasteiger partial charge < -0.3 is 10.3 Å². The summed E-state index contributed by atoms with van der Waals surface area (Å²) in [7, 11) is 0. The summed E-state index contributed by atoms with van der Waals surface area (Å²) in [4.78, 5) is 0. The fraction of sp³-hybridized carbons (Fsp3) is 0.143. The number of halogens is 3. The van der Waals surface area contributed by atoms with Crippen LogP contribution >= 0.6 is 11.6 Å². The first-order valence-corrected chi connectivity index (χ1v) is 3.68. The zero-order valence-corrected chi connectivity index (χ0v) is 7.07. The maximum Gasteiger partial charge on any atom is 0.167 e. The van der Waals surface area contributed by atoms with Gasteiger partial charge >= 0.3 is 0 Å². The van der Waals surface area contributed by atoms with Crippen LogP contribution in [0.15, 0.2) is 6.07 Å². The molecule has 0 radical (unpaired) electrons. The van der Waals surface area contributed by atoms with Crippen molar-refractivity contribution in [2.24, 2.45) is 0 Å². The van der Waals surface area contributed by atoms with Crippen molar-refractivity contribution in [3.8, 4) is 5.75 Å². The second-order valence-electron chi connectivity index (χ2n) is 2.32. The van der Waals surface area contributed by atoms with Gasteiger partial charge in [-0.25, -0.2) is 14.3 Å². The highest BCUT2D eigenvalue weighted by Gasteiger charge is 2.16. The third kappa shape index (κ3) is 1.88. The van der Waals surface area contributed by atoms with Crippen molar-refractivity contribution in [1.82, 2.24) is 5.48 Å². The van der Waals surface area contributed by atoms with E-state index in [1.165, 1.54) is 0 Å². The lowest BCUT2D eigenvalue weighted by Crippen LogP contribution is -2.09. The Morgan fingerprint density at radius 2 is 2.08 bits per heavy atom. The van der Waals surface area contributed by atoms with E-state index < -0.39 is 29.5 Å². The van der Waals surface area contributed by atoms with Gasteiger partial charge in [0.1, 0.15) is 5.75 Å². The predicted octanol–water partition coefficient (Wildman–Crippen LogP) is 1.80. The molecule has 0 spiro atoms. The SMILES string of the molecule is ONCc1c(O)c(Cl)cc(F)c1F. The number of phenolic OH excluding ortho intramolecular Hbond substituents is 1. The summed E-state index contributed by atoms with van der Waals surface area (Å²) >= 11 is 5.36. The summed E-state index contributed by atoms with van der Waals surface area (Å²) in [6.45, 7) is -0.421. The molecule has 0 atom stereocenters. The van der Waals surface area contributed by atoms with Gasteiger partial charge in [0.25, 0.3) is 0 Å². The summed E-state index contributed by atoms with van der Waals surface area (Å²) in [5, 5.41) is 17.1. The Balaban J connectivity index is 3.28.